The van der Waals surface area contributed by atoms with Gasteiger partial charge in [-0.25, -0.2) is 0 Å². The van der Waals surface area contributed by atoms with Crippen LogP contribution in [0.4, 0.5) is 11.4 Å². The average Bonchev–Trinajstić information content (AvgIpc) is 2.72. The van der Waals surface area contributed by atoms with E-state index in [0.29, 0.717) is 38.1 Å². The highest BCUT2D eigenvalue weighted by molar-refractivity contribution is 6.03. The van der Waals surface area contributed by atoms with Crippen molar-refractivity contribution in [3.63, 3.8) is 0 Å². The van der Waals surface area contributed by atoms with Crippen LogP contribution in [0.2, 0.25) is 0 Å². The zero-order valence-corrected chi connectivity index (χ0v) is 13.2. The Morgan fingerprint density at radius 1 is 1.45 bits per heavy atom. The molecule has 0 radical (unpaired) electrons. The topological polar surface area (TPSA) is 55.4 Å². The summed E-state index contributed by atoms with van der Waals surface area (Å²) in [5.74, 6) is 0.727. The van der Waals surface area contributed by atoms with E-state index in [9.17, 15) is 10.0 Å². The second kappa shape index (κ2) is 4.70. The molecule has 1 saturated heterocycles. The van der Waals surface area contributed by atoms with Crippen LogP contribution in [0.5, 0.6) is 0 Å². The van der Waals surface area contributed by atoms with Crippen LogP contribution in [0.25, 0.3) is 0 Å². The molecule has 118 valence electrons. The highest BCUT2D eigenvalue weighted by Gasteiger charge is 2.48. The van der Waals surface area contributed by atoms with Gasteiger partial charge >= 0.3 is 0 Å². The number of likely N-dealkylation sites (tertiary alicyclic amines) is 1. The first-order valence-corrected chi connectivity index (χ1v) is 8.23. The minimum atomic E-state index is -0.0856. The van der Waals surface area contributed by atoms with Gasteiger partial charge in [0.15, 0.2) is 0 Å². The number of anilines is 2. The van der Waals surface area contributed by atoms with Crippen molar-refractivity contribution in [1.82, 2.24) is 0 Å². The molecule has 4 rings (SSSR count). The van der Waals surface area contributed by atoms with Crippen LogP contribution >= 0.6 is 0 Å². The fourth-order valence-electron chi connectivity index (χ4n) is 4.64. The predicted molar refractivity (Wildman–Crippen MR) is 86.6 cm³/mol. The number of piperidine rings is 1. The van der Waals surface area contributed by atoms with Gasteiger partial charge in [0.05, 0.1) is 43.5 Å². The molecule has 1 fully saturated rings. The predicted octanol–water partition coefficient (Wildman–Crippen LogP) is 2.29. The highest BCUT2D eigenvalue weighted by Crippen LogP contribution is 2.50. The molecular weight excluding hydrogens is 278 g/mol. The summed E-state index contributed by atoms with van der Waals surface area (Å²) in [6.07, 6.45) is 0.877. The van der Waals surface area contributed by atoms with Crippen LogP contribution in [0.3, 0.4) is 0 Å². The van der Waals surface area contributed by atoms with Crippen molar-refractivity contribution in [2.24, 2.45) is 5.92 Å². The normalized spacial score (nSPS) is 32.7. The number of fused-ring (bicyclic) bond motifs is 3. The van der Waals surface area contributed by atoms with Gasteiger partial charge in [0.25, 0.3) is 0 Å². The Balaban J connectivity index is 1.71. The van der Waals surface area contributed by atoms with Crippen molar-refractivity contribution in [3.05, 3.63) is 29.0 Å². The highest BCUT2D eigenvalue weighted by atomic mass is 16.5. The van der Waals surface area contributed by atoms with Crippen molar-refractivity contribution in [1.29, 1.82) is 0 Å². The van der Waals surface area contributed by atoms with Gasteiger partial charge in [-0.15, -0.1) is 0 Å². The quantitative estimate of drug-likeness (QED) is 0.673. The first kappa shape index (κ1) is 14.0. The third-order valence-electron chi connectivity index (χ3n) is 5.27. The van der Waals surface area contributed by atoms with Crippen LogP contribution in [0, 0.1) is 11.1 Å². The minimum Gasteiger partial charge on any atom is -0.633 e. The smallest absolute Gasteiger partial charge is 0.243 e. The molecule has 3 heterocycles. The van der Waals surface area contributed by atoms with E-state index in [2.05, 4.69) is 30.1 Å². The van der Waals surface area contributed by atoms with E-state index in [0.717, 1.165) is 17.8 Å². The Morgan fingerprint density at radius 3 is 3.05 bits per heavy atom. The van der Waals surface area contributed by atoms with E-state index in [-0.39, 0.29) is 16.5 Å². The number of benzene rings is 1. The van der Waals surface area contributed by atoms with E-state index < -0.39 is 0 Å². The number of hydrogen-bond acceptors (Lipinski definition) is 3. The monoisotopic (exact) mass is 301 g/mol. The SMILES string of the molecule is CC(C)C[N+]1([O-])CC[C@H]2[C@@H](C1)c1cccc3c1N2CC(=O)N3. The maximum absolute atomic E-state index is 13.1. The Labute approximate surface area is 131 Å². The van der Waals surface area contributed by atoms with Crippen molar-refractivity contribution in [2.45, 2.75) is 32.2 Å². The zero-order valence-electron chi connectivity index (χ0n) is 13.2. The minimum absolute atomic E-state index is 0.0564. The molecule has 0 spiro atoms. The third kappa shape index (κ3) is 2.03. The molecule has 3 atom stereocenters. The summed E-state index contributed by atoms with van der Waals surface area (Å²) in [6, 6.07) is 6.42. The first-order chi connectivity index (χ1) is 10.5. The fourth-order valence-corrected chi connectivity index (χ4v) is 4.64. The van der Waals surface area contributed by atoms with Crippen LogP contribution in [-0.2, 0) is 4.79 Å². The molecule has 1 N–H and O–H groups in total. The fraction of sp³-hybridized carbons (Fsp3) is 0.588. The maximum atomic E-state index is 13.1. The number of carbonyl (C=O) groups excluding carboxylic acids is 1. The summed E-state index contributed by atoms with van der Waals surface area (Å²) in [5, 5.41) is 16.1. The van der Waals surface area contributed by atoms with Gasteiger partial charge in [0.2, 0.25) is 5.91 Å². The molecule has 0 aromatic heterocycles. The lowest BCUT2D eigenvalue weighted by molar-refractivity contribution is -0.889. The lowest BCUT2D eigenvalue weighted by Crippen LogP contribution is -2.57. The molecular formula is C17H23N3O2. The molecule has 1 aromatic carbocycles. The van der Waals surface area contributed by atoms with Gasteiger partial charge in [-0.2, -0.15) is 0 Å². The third-order valence-corrected chi connectivity index (χ3v) is 5.27. The van der Waals surface area contributed by atoms with Crippen molar-refractivity contribution < 1.29 is 9.44 Å². The van der Waals surface area contributed by atoms with Crippen molar-refractivity contribution in [2.75, 3.05) is 36.4 Å². The van der Waals surface area contributed by atoms with E-state index in [1.807, 2.05) is 12.1 Å². The van der Waals surface area contributed by atoms with E-state index >= 15 is 0 Å². The summed E-state index contributed by atoms with van der Waals surface area (Å²) in [7, 11) is 0. The van der Waals surface area contributed by atoms with Crippen LogP contribution in [0.1, 0.15) is 31.7 Å². The van der Waals surface area contributed by atoms with Crippen LogP contribution in [-0.4, -0.2) is 42.8 Å². The van der Waals surface area contributed by atoms with E-state index in [1.54, 1.807) is 0 Å². The Kier molecular flexibility index (Phi) is 3.00. The Morgan fingerprint density at radius 2 is 2.27 bits per heavy atom. The van der Waals surface area contributed by atoms with Gasteiger partial charge in [-0.1, -0.05) is 26.0 Å². The number of hydrogen-bond donors (Lipinski definition) is 1. The van der Waals surface area contributed by atoms with Gasteiger partial charge in [-0.3, -0.25) is 4.79 Å². The lowest BCUT2D eigenvalue weighted by atomic mass is 9.88. The number of quaternary nitrogens is 1. The van der Waals surface area contributed by atoms with Gasteiger partial charge in [0.1, 0.15) is 0 Å². The number of nitrogens with zero attached hydrogens (tertiary/aromatic N) is 2. The first-order valence-electron chi connectivity index (χ1n) is 8.23. The van der Waals surface area contributed by atoms with Gasteiger partial charge in [0, 0.05) is 18.4 Å². The second-order valence-electron chi connectivity index (χ2n) is 7.42. The standard InChI is InChI=1S/C17H23N3O2/c1-11(2)9-20(22)7-6-15-13(10-20)12-4-3-5-14-17(12)19(15)8-16(21)18-14/h3-5,11,13,15H,6-10H2,1-2H3,(H,18,21)/t13-,15-,20?/m0/s1. The van der Waals surface area contributed by atoms with Crippen LogP contribution in [0.15, 0.2) is 18.2 Å². The molecule has 0 saturated carbocycles. The molecule has 22 heavy (non-hydrogen) atoms. The lowest BCUT2D eigenvalue weighted by Gasteiger charge is -2.51. The molecule has 3 aliphatic heterocycles. The molecule has 1 amide bonds. The number of para-hydroxylation sites is 1. The average molecular weight is 301 g/mol. The van der Waals surface area contributed by atoms with Gasteiger partial charge in [-0.05, 0) is 11.6 Å². The number of nitrogens with one attached hydrogen (secondary N) is 1. The van der Waals surface area contributed by atoms with Crippen molar-refractivity contribution in [3.8, 4) is 0 Å². The summed E-state index contributed by atoms with van der Waals surface area (Å²) in [6.45, 7) is 6.66. The summed E-state index contributed by atoms with van der Waals surface area (Å²) in [5.41, 5.74) is 3.33. The van der Waals surface area contributed by atoms with Crippen LogP contribution < -0.4 is 10.2 Å². The van der Waals surface area contributed by atoms with E-state index in [4.69, 9.17) is 0 Å². The molecule has 1 unspecified atom stereocenters. The molecule has 5 nitrogen and oxygen atoms in total. The largest absolute Gasteiger partial charge is 0.633 e. The Bertz CT molecular complexity index is 630. The zero-order chi connectivity index (χ0) is 15.5. The molecule has 0 aliphatic carbocycles. The number of rotatable bonds is 2. The van der Waals surface area contributed by atoms with E-state index in [1.165, 1.54) is 5.56 Å². The van der Waals surface area contributed by atoms with Gasteiger partial charge < -0.3 is 20.1 Å². The second-order valence-corrected chi connectivity index (χ2v) is 7.42. The molecule has 5 heteroatoms. The van der Waals surface area contributed by atoms with Crippen molar-refractivity contribution >= 4 is 17.3 Å². The Hall–Kier alpha value is -1.59. The summed E-state index contributed by atoms with van der Waals surface area (Å²) in [4.78, 5) is 14.2. The molecule has 1 aromatic rings. The number of amides is 1. The molecule has 3 aliphatic rings. The summed E-state index contributed by atoms with van der Waals surface area (Å²) < 4.78 is -0.0856. The number of carbonyl (C=O) groups is 1. The number of hydroxylamine groups is 3. The summed E-state index contributed by atoms with van der Waals surface area (Å²) >= 11 is 0. The molecule has 0 bridgehead atoms. The maximum Gasteiger partial charge on any atom is 0.243 e.